The van der Waals surface area contributed by atoms with Crippen LogP contribution in [-0.2, 0) is 12.6 Å². The standard InChI is InChI=1S/C22H28F3N3O3.HI/c1-4-26-21(27-12-11-15-5-7-16(8-6-15)22(23,24)25)28-14-19(29)18-13-17(30-2)9-10-20(18)31-3;/h5-10,13,19,29H,4,11-12,14H2,1-3H3,(H2,26,27,28);1H. The third-order valence-corrected chi connectivity index (χ3v) is 4.55. The Bertz CT molecular complexity index is 862. The summed E-state index contributed by atoms with van der Waals surface area (Å²) in [6.07, 6.45) is -4.72. The van der Waals surface area contributed by atoms with Crippen molar-refractivity contribution in [3.8, 4) is 11.5 Å². The molecule has 1 atom stereocenters. The van der Waals surface area contributed by atoms with Crippen LogP contribution < -0.4 is 20.1 Å². The van der Waals surface area contributed by atoms with Gasteiger partial charge in [0.25, 0.3) is 0 Å². The molecule has 178 valence electrons. The number of rotatable bonds is 9. The topological polar surface area (TPSA) is 75.1 Å². The van der Waals surface area contributed by atoms with Gasteiger partial charge in [-0.15, -0.1) is 24.0 Å². The van der Waals surface area contributed by atoms with Gasteiger partial charge < -0.3 is 25.2 Å². The third-order valence-electron chi connectivity index (χ3n) is 4.55. The molecule has 0 bridgehead atoms. The second kappa shape index (κ2) is 13.4. The van der Waals surface area contributed by atoms with E-state index in [2.05, 4.69) is 15.6 Å². The Kier molecular flexibility index (Phi) is 11.6. The fraction of sp³-hybridized carbons (Fsp3) is 0.409. The van der Waals surface area contributed by atoms with E-state index in [1.807, 2.05) is 6.92 Å². The number of guanidine groups is 1. The first kappa shape index (κ1) is 27.8. The van der Waals surface area contributed by atoms with E-state index in [9.17, 15) is 18.3 Å². The summed E-state index contributed by atoms with van der Waals surface area (Å²) in [6, 6.07) is 10.2. The molecule has 2 aromatic carbocycles. The highest BCUT2D eigenvalue weighted by molar-refractivity contribution is 14.0. The van der Waals surface area contributed by atoms with Crippen molar-refractivity contribution < 1.29 is 27.8 Å². The van der Waals surface area contributed by atoms with E-state index in [-0.39, 0.29) is 30.5 Å². The summed E-state index contributed by atoms with van der Waals surface area (Å²) in [5.41, 5.74) is 0.671. The first-order chi connectivity index (χ1) is 14.8. The number of halogens is 4. The van der Waals surface area contributed by atoms with Gasteiger partial charge in [0, 0.05) is 18.7 Å². The first-order valence-corrected chi connectivity index (χ1v) is 9.86. The van der Waals surface area contributed by atoms with Gasteiger partial charge in [-0.25, -0.2) is 0 Å². The van der Waals surface area contributed by atoms with Crippen molar-refractivity contribution in [2.45, 2.75) is 25.6 Å². The molecule has 0 spiro atoms. The van der Waals surface area contributed by atoms with Crippen LogP contribution in [0.25, 0.3) is 0 Å². The van der Waals surface area contributed by atoms with Gasteiger partial charge in [0.1, 0.15) is 17.6 Å². The van der Waals surface area contributed by atoms with Gasteiger partial charge in [-0.05, 0) is 49.2 Å². The SMILES string of the molecule is CCNC(=NCC(O)c1cc(OC)ccc1OC)NCCc1ccc(C(F)(F)F)cc1.I. The van der Waals surface area contributed by atoms with Gasteiger partial charge in [0.05, 0.1) is 26.3 Å². The molecule has 0 aliphatic rings. The molecular formula is C22H29F3IN3O3. The van der Waals surface area contributed by atoms with E-state index in [0.717, 1.165) is 17.7 Å². The number of ether oxygens (including phenoxy) is 2. The summed E-state index contributed by atoms with van der Waals surface area (Å²) in [5.74, 6) is 1.62. The molecule has 0 fully saturated rings. The van der Waals surface area contributed by atoms with E-state index < -0.39 is 17.8 Å². The lowest BCUT2D eigenvalue weighted by Gasteiger charge is -2.16. The average molecular weight is 567 g/mol. The van der Waals surface area contributed by atoms with Gasteiger partial charge >= 0.3 is 6.18 Å². The summed E-state index contributed by atoms with van der Waals surface area (Å²) < 4.78 is 48.5. The molecule has 0 aliphatic heterocycles. The molecular weight excluding hydrogens is 538 g/mol. The quantitative estimate of drug-likeness (QED) is 0.241. The fourth-order valence-electron chi connectivity index (χ4n) is 2.90. The van der Waals surface area contributed by atoms with Crippen molar-refractivity contribution in [1.29, 1.82) is 0 Å². The van der Waals surface area contributed by atoms with Gasteiger partial charge in [-0.1, -0.05) is 12.1 Å². The zero-order valence-corrected chi connectivity index (χ0v) is 20.5. The predicted molar refractivity (Wildman–Crippen MR) is 129 cm³/mol. The van der Waals surface area contributed by atoms with E-state index in [1.54, 1.807) is 25.3 Å². The number of hydrogen-bond acceptors (Lipinski definition) is 4. The van der Waals surface area contributed by atoms with Crippen LogP contribution in [0.3, 0.4) is 0 Å². The monoisotopic (exact) mass is 567 g/mol. The van der Waals surface area contributed by atoms with Crippen LogP contribution in [0, 0.1) is 0 Å². The smallest absolute Gasteiger partial charge is 0.416 e. The Morgan fingerprint density at radius 2 is 1.75 bits per heavy atom. The average Bonchev–Trinajstić information content (AvgIpc) is 2.76. The lowest BCUT2D eigenvalue weighted by Crippen LogP contribution is -2.38. The maximum absolute atomic E-state index is 12.7. The molecule has 0 aromatic heterocycles. The molecule has 0 amide bonds. The molecule has 10 heteroatoms. The Morgan fingerprint density at radius 3 is 2.31 bits per heavy atom. The van der Waals surface area contributed by atoms with Crippen molar-refractivity contribution in [2.24, 2.45) is 4.99 Å². The molecule has 2 rings (SSSR count). The minimum Gasteiger partial charge on any atom is -0.497 e. The largest absolute Gasteiger partial charge is 0.497 e. The number of methoxy groups -OCH3 is 2. The summed E-state index contributed by atoms with van der Waals surface area (Å²) >= 11 is 0. The molecule has 6 nitrogen and oxygen atoms in total. The number of nitrogens with zero attached hydrogens (tertiary/aromatic N) is 1. The van der Waals surface area contributed by atoms with Crippen LogP contribution in [0.2, 0.25) is 0 Å². The number of alkyl halides is 3. The number of hydrogen-bond donors (Lipinski definition) is 3. The highest BCUT2D eigenvalue weighted by Gasteiger charge is 2.29. The molecule has 0 saturated heterocycles. The van der Waals surface area contributed by atoms with E-state index in [4.69, 9.17) is 9.47 Å². The third kappa shape index (κ3) is 8.38. The summed E-state index contributed by atoms with van der Waals surface area (Å²) in [5, 5.41) is 16.8. The van der Waals surface area contributed by atoms with Crippen molar-refractivity contribution >= 4 is 29.9 Å². The molecule has 0 heterocycles. The lowest BCUT2D eigenvalue weighted by molar-refractivity contribution is -0.137. The van der Waals surface area contributed by atoms with Crippen LogP contribution in [0.4, 0.5) is 13.2 Å². The van der Waals surface area contributed by atoms with Gasteiger partial charge in [0.2, 0.25) is 0 Å². The molecule has 1 unspecified atom stereocenters. The van der Waals surface area contributed by atoms with Crippen LogP contribution in [-0.4, -0.2) is 44.9 Å². The molecule has 0 saturated carbocycles. The zero-order chi connectivity index (χ0) is 22.9. The normalized spacial score (nSPS) is 12.5. The molecule has 3 N–H and O–H groups in total. The van der Waals surface area contributed by atoms with Crippen LogP contribution in [0.1, 0.15) is 29.7 Å². The molecule has 32 heavy (non-hydrogen) atoms. The van der Waals surface area contributed by atoms with Gasteiger partial charge in [-0.2, -0.15) is 13.2 Å². The summed E-state index contributed by atoms with van der Waals surface area (Å²) in [7, 11) is 3.06. The minimum atomic E-state index is -4.34. The lowest BCUT2D eigenvalue weighted by atomic mass is 10.1. The summed E-state index contributed by atoms with van der Waals surface area (Å²) in [4.78, 5) is 4.40. The second-order valence-corrected chi connectivity index (χ2v) is 6.71. The van der Waals surface area contributed by atoms with Crippen LogP contribution >= 0.6 is 24.0 Å². The van der Waals surface area contributed by atoms with Crippen LogP contribution in [0.15, 0.2) is 47.5 Å². The van der Waals surface area contributed by atoms with E-state index >= 15 is 0 Å². The maximum Gasteiger partial charge on any atom is 0.416 e. The number of nitrogens with one attached hydrogen (secondary N) is 2. The van der Waals surface area contributed by atoms with Crippen LogP contribution in [0.5, 0.6) is 11.5 Å². The minimum absolute atomic E-state index is 0. The Hall–Kier alpha value is -2.21. The Balaban J connectivity index is 0.00000512. The molecule has 2 aromatic rings. The number of aliphatic imine (C=N–C) groups is 1. The van der Waals surface area contributed by atoms with Crippen molar-refractivity contribution in [2.75, 3.05) is 33.9 Å². The molecule has 0 radical (unpaired) electrons. The molecule has 0 aliphatic carbocycles. The van der Waals surface area contributed by atoms with Gasteiger partial charge in [0.15, 0.2) is 5.96 Å². The first-order valence-electron chi connectivity index (χ1n) is 9.86. The number of benzene rings is 2. The predicted octanol–water partition coefficient (Wildman–Crippen LogP) is 4.17. The van der Waals surface area contributed by atoms with Crippen molar-refractivity contribution in [1.82, 2.24) is 10.6 Å². The Morgan fingerprint density at radius 1 is 1.06 bits per heavy atom. The van der Waals surface area contributed by atoms with Crippen molar-refractivity contribution in [3.05, 3.63) is 59.2 Å². The highest BCUT2D eigenvalue weighted by atomic mass is 127. The number of aliphatic hydroxyl groups excluding tert-OH is 1. The fourth-order valence-corrected chi connectivity index (χ4v) is 2.90. The van der Waals surface area contributed by atoms with E-state index in [0.29, 0.717) is 42.5 Å². The zero-order valence-electron chi connectivity index (χ0n) is 18.2. The van der Waals surface area contributed by atoms with Crippen molar-refractivity contribution in [3.63, 3.8) is 0 Å². The summed E-state index contributed by atoms with van der Waals surface area (Å²) in [6.45, 7) is 3.08. The highest BCUT2D eigenvalue weighted by Crippen LogP contribution is 2.30. The van der Waals surface area contributed by atoms with Gasteiger partial charge in [-0.3, -0.25) is 4.99 Å². The van der Waals surface area contributed by atoms with E-state index in [1.165, 1.54) is 19.2 Å². The number of aliphatic hydroxyl groups is 1. The second-order valence-electron chi connectivity index (χ2n) is 6.71. The maximum atomic E-state index is 12.7. The Labute approximate surface area is 203 Å².